The molecule has 0 saturated carbocycles. The first-order valence-corrected chi connectivity index (χ1v) is 9.23. The molecular formula is C15H23FN2O2S. The van der Waals surface area contributed by atoms with Crippen LogP contribution in [0.4, 0.5) is 4.39 Å². The Hall–Kier alpha value is -0.980. The molecule has 1 heterocycles. The van der Waals surface area contributed by atoms with Crippen molar-refractivity contribution in [3.05, 3.63) is 35.1 Å². The monoisotopic (exact) mass is 314 g/mol. The van der Waals surface area contributed by atoms with Crippen molar-refractivity contribution in [1.82, 2.24) is 10.2 Å². The summed E-state index contributed by atoms with van der Waals surface area (Å²) in [7, 11) is -2.89. The number of nitrogens with zero attached hydrogens (tertiary/aromatic N) is 1. The molecule has 1 aliphatic rings. The van der Waals surface area contributed by atoms with Gasteiger partial charge in [0.25, 0.3) is 0 Å². The number of hydrogen-bond acceptors (Lipinski definition) is 4. The molecule has 1 aliphatic heterocycles. The molecule has 0 atom stereocenters. The second-order valence-corrected chi connectivity index (χ2v) is 7.83. The molecule has 2 rings (SSSR count). The van der Waals surface area contributed by atoms with E-state index in [1.807, 2.05) is 11.0 Å². The molecule has 0 amide bonds. The normalized spacial score (nSPS) is 18.8. The number of hydrogen-bond donors (Lipinski definition) is 1. The van der Waals surface area contributed by atoms with Crippen molar-refractivity contribution < 1.29 is 12.8 Å². The second-order valence-electron chi connectivity index (χ2n) is 5.53. The fourth-order valence-corrected chi connectivity index (χ4v) is 3.69. The lowest BCUT2D eigenvalue weighted by Gasteiger charge is -2.26. The highest BCUT2D eigenvalue weighted by molar-refractivity contribution is 7.91. The molecule has 118 valence electrons. The van der Waals surface area contributed by atoms with Crippen molar-refractivity contribution in [2.24, 2.45) is 0 Å². The van der Waals surface area contributed by atoms with Crippen LogP contribution in [-0.4, -0.2) is 44.5 Å². The van der Waals surface area contributed by atoms with E-state index in [2.05, 4.69) is 12.2 Å². The average molecular weight is 314 g/mol. The molecule has 0 radical (unpaired) electrons. The van der Waals surface area contributed by atoms with Gasteiger partial charge in [-0.15, -0.1) is 0 Å². The second kappa shape index (κ2) is 7.33. The van der Waals surface area contributed by atoms with Crippen LogP contribution in [0.5, 0.6) is 0 Å². The maximum Gasteiger partial charge on any atom is 0.152 e. The summed E-state index contributed by atoms with van der Waals surface area (Å²) in [5, 5.41) is 3.30. The summed E-state index contributed by atoms with van der Waals surface area (Å²) >= 11 is 0. The Morgan fingerprint density at radius 1 is 1.29 bits per heavy atom. The minimum absolute atomic E-state index is 0.173. The first-order valence-electron chi connectivity index (χ1n) is 7.41. The summed E-state index contributed by atoms with van der Waals surface area (Å²) < 4.78 is 36.7. The summed E-state index contributed by atoms with van der Waals surface area (Å²) in [6, 6.07) is 5.17. The predicted molar refractivity (Wildman–Crippen MR) is 82.3 cm³/mol. The van der Waals surface area contributed by atoms with Gasteiger partial charge in [-0.2, -0.15) is 0 Å². The quantitative estimate of drug-likeness (QED) is 0.810. The van der Waals surface area contributed by atoms with Gasteiger partial charge in [-0.3, -0.25) is 4.90 Å². The first-order chi connectivity index (χ1) is 10.00. The van der Waals surface area contributed by atoms with E-state index in [0.29, 0.717) is 25.2 Å². The van der Waals surface area contributed by atoms with Gasteiger partial charge in [0.05, 0.1) is 11.5 Å². The number of benzene rings is 1. The van der Waals surface area contributed by atoms with Gasteiger partial charge in [-0.05, 0) is 24.6 Å². The van der Waals surface area contributed by atoms with Crippen LogP contribution in [0.3, 0.4) is 0 Å². The van der Waals surface area contributed by atoms with Crippen LogP contribution in [0.2, 0.25) is 0 Å². The summed E-state index contributed by atoms with van der Waals surface area (Å²) in [4.78, 5) is 2.00. The van der Waals surface area contributed by atoms with E-state index in [9.17, 15) is 12.8 Å². The minimum atomic E-state index is -2.89. The van der Waals surface area contributed by atoms with Gasteiger partial charge in [0.2, 0.25) is 0 Å². The number of sulfone groups is 1. The predicted octanol–water partition coefficient (Wildman–Crippen LogP) is 1.56. The third-order valence-corrected chi connectivity index (χ3v) is 5.31. The van der Waals surface area contributed by atoms with Crippen molar-refractivity contribution in [1.29, 1.82) is 0 Å². The van der Waals surface area contributed by atoms with E-state index < -0.39 is 9.84 Å². The number of rotatable bonds is 6. The average Bonchev–Trinajstić information content (AvgIpc) is 2.45. The Balaban J connectivity index is 1.97. The topological polar surface area (TPSA) is 49.4 Å². The van der Waals surface area contributed by atoms with Gasteiger partial charge in [-0.1, -0.05) is 19.1 Å². The minimum Gasteiger partial charge on any atom is -0.313 e. The van der Waals surface area contributed by atoms with Crippen LogP contribution in [0.25, 0.3) is 0 Å². The van der Waals surface area contributed by atoms with E-state index in [1.54, 1.807) is 6.07 Å². The summed E-state index contributed by atoms with van der Waals surface area (Å²) in [6.45, 7) is 5.23. The summed E-state index contributed by atoms with van der Waals surface area (Å²) in [6.07, 6.45) is 1.07. The highest BCUT2D eigenvalue weighted by Gasteiger charge is 2.22. The van der Waals surface area contributed by atoms with Crippen LogP contribution in [0.15, 0.2) is 18.2 Å². The van der Waals surface area contributed by atoms with Gasteiger partial charge in [-0.25, -0.2) is 12.8 Å². The van der Waals surface area contributed by atoms with E-state index in [4.69, 9.17) is 0 Å². The number of halogens is 1. The Bertz CT molecular complexity index is 561. The smallest absolute Gasteiger partial charge is 0.152 e. The fraction of sp³-hybridized carbons (Fsp3) is 0.600. The molecule has 1 saturated heterocycles. The van der Waals surface area contributed by atoms with Crippen LogP contribution in [0.1, 0.15) is 24.5 Å². The van der Waals surface area contributed by atoms with Gasteiger partial charge in [0.15, 0.2) is 9.84 Å². The number of nitrogens with one attached hydrogen (secondary N) is 1. The molecule has 1 fully saturated rings. The van der Waals surface area contributed by atoms with E-state index in [1.165, 1.54) is 6.07 Å². The van der Waals surface area contributed by atoms with Crippen molar-refractivity contribution in [2.75, 3.05) is 31.1 Å². The first kappa shape index (κ1) is 16.4. The lowest BCUT2D eigenvalue weighted by atomic mass is 10.1. The Morgan fingerprint density at radius 2 is 2.00 bits per heavy atom. The molecule has 0 aliphatic carbocycles. The van der Waals surface area contributed by atoms with E-state index in [-0.39, 0.29) is 17.3 Å². The lowest BCUT2D eigenvalue weighted by molar-refractivity contribution is 0.283. The summed E-state index contributed by atoms with van der Waals surface area (Å²) in [5.74, 6) is 0.126. The summed E-state index contributed by atoms with van der Waals surface area (Å²) in [5.41, 5.74) is 1.70. The molecular weight excluding hydrogens is 291 g/mol. The SMILES string of the molecule is CCCNCc1ccc(F)c(CN2CCS(=O)(=O)CC2)c1. The van der Waals surface area contributed by atoms with Crippen LogP contribution in [-0.2, 0) is 22.9 Å². The molecule has 1 N–H and O–H groups in total. The molecule has 0 bridgehead atoms. The molecule has 0 aromatic heterocycles. The molecule has 0 unspecified atom stereocenters. The molecule has 4 nitrogen and oxygen atoms in total. The van der Waals surface area contributed by atoms with Crippen LogP contribution >= 0.6 is 0 Å². The maximum absolute atomic E-state index is 13.9. The van der Waals surface area contributed by atoms with Gasteiger partial charge in [0, 0.05) is 31.7 Å². The van der Waals surface area contributed by atoms with Crippen molar-refractivity contribution in [2.45, 2.75) is 26.4 Å². The third kappa shape index (κ3) is 5.05. The Morgan fingerprint density at radius 3 is 2.67 bits per heavy atom. The molecule has 6 heteroatoms. The Kier molecular flexibility index (Phi) is 5.72. The zero-order valence-electron chi connectivity index (χ0n) is 12.4. The Labute approximate surface area is 126 Å². The van der Waals surface area contributed by atoms with Crippen molar-refractivity contribution in [3.8, 4) is 0 Å². The van der Waals surface area contributed by atoms with E-state index in [0.717, 1.165) is 25.1 Å². The van der Waals surface area contributed by atoms with Gasteiger partial charge >= 0.3 is 0 Å². The van der Waals surface area contributed by atoms with Crippen LogP contribution < -0.4 is 5.32 Å². The molecule has 1 aromatic rings. The maximum atomic E-state index is 13.9. The fourth-order valence-electron chi connectivity index (χ4n) is 2.42. The van der Waals surface area contributed by atoms with Crippen molar-refractivity contribution in [3.63, 3.8) is 0 Å². The molecule has 1 aromatic carbocycles. The van der Waals surface area contributed by atoms with Gasteiger partial charge < -0.3 is 5.32 Å². The van der Waals surface area contributed by atoms with E-state index >= 15 is 0 Å². The molecule has 0 spiro atoms. The largest absolute Gasteiger partial charge is 0.313 e. The van der Waals surface area contributed by atoms with Gasteiger partial charge in [0.1, 0.15) is 5.82 Å². The zero-order chi connectivity index (χ0) is 15.3. The standard InChI is InChI=1S/C15H23FN2O2S/c1-2-5-17-11-13-3-4-15(16)14(10-13)12-18-6-8-21(19,20)9-7-18/h3-4,10,17H,2,5-9,11-12H2,1H3. The molecule has 21 heavy (non-hydrogen) atoms. The van der Waals surface area contributed by atoms with Crippen molar-refractivity contribution >= 4 is 9.84 Å². The van der Waals surface area contributed by atoms with Crippen LogP contribution in [0, 0.1) is 5.82 Å². The zero-order valence-corrected chi connectivity index (χ0v) is 13.3. The third-order valence-electron chi connectivity index (χ3n) is 3.70. The highest BCUT2D eigenvalue weighted by atomic mass is 32.2. The lowest BCUT2D eigenvalue weighted by Crippen LogP contribution is -2.39. The highest BCUT2D eigenvalue weighted by Crippen LogP contribution is 2.15.